The van der Waals surface area contributed by atoms with Crippen molar-refractivity contribution in [3.8, 4) is 11.1 Å². The van der Waals surface area contributed by atoms with Gasteiger partial charge < -0.3 is 19.9 Å². The number of nitrogens with one attached hydrogen (secondary N) is 1. The zero-order valence-electron chi connectivity index (χ0n) is 17.0. The van der Waals surface area contributed by atoms with E-state index in [1.807, 2.05) is 55.5 Å². The summed E-state index contributed by atoms with van der Waals surface area (Å²) in [6.07, 6.45) is -1.24. The van der Waals surface area contributed by atoms with Crippen molar-refractivity contribution in [3.05, 3.63) is 59.7 Å². The molecule has 0 radical (unpaired) electrons. The molecule has 0 aliphatic heterocycles. The molecule has 158 valence electrons. The number of ether oxygens (including phenoxy) is 2. The molecule has 30 heavy (non-hydrogen) atoms. The van der Waals surface area contributed by atoms with E-state index in [1.165, 1.54) is 0 Å². The number of hydrogen-bond donors (Lipinski definition) is 2. The topological polar surface area (TPSA) is 102 Å². The van der Waals surface area contributed by atoms with Gasteiger partial charge >= 0.3 is 18.0 Å². The van der Waals surface area contributed by atoms with Crippen LogP contribution in [0.25, 0.3) is 11.1 Å². The van der Waals surface area contributed by atoms with Crippen molar-refractivity contribution in [2.24, 2.45) is 0 Å². The molecule has 0 fully saturated rings. The van der Waals surface area contributed by atoms with Crippen molar-refractivity contribution in [2.75, 3.05) is 6.61 Å². The van der Waals surface area contributed by atoms with Crippen molar-refractivity contribution >= 4 is 18.0 Å². The number of carbonyl (C=O) groups excluding carboxylic acids is 2. The molecule has 1 unspecified atom stereocenters. The fourth-order valence-electron chi connectivity index (χ4n) is 3.51. The SMILES string of the molecule is CCC(C)OC(=O)[C@H](CC(=O)O)NC(=O)OCC1c2ccccc2-c2ccccc21. The van der Waals surface area contributed by atoms with Crippen LogP contribution in [0.1, 0.15) is 43.7 Å². The van der Waals surface area contributed by atoms with E-state index < -0.39 is 30.5 Å². The molecule has 0 spiro atoms. The first-order chi connectivity index (χ1) is 14.4. The maximum Gasteiger partial charge on any atom is 0.407 e. The summed E-state index contributed by atoms with van der Waals surface area (Å²) >= 11 is 0. The van der Waals surface area contributed by atoms with Crippen molar-refractivity contribution in [3.63, 3.8) is 0 Å². The highest BCUT2D eigenvalue weighted by Crippen LogP contribution is 2.44. The van der Waals surface area contributed by atoms with Gasteiger partial charge in [0.05, 0.1) is 12.5 Å². The van der Waals surface area contributed by atoms with Gasteiger partial charge in [-0.05, 0) is 35.6 Å². The van der Waals surface area contributed by atoms with Gasteiger partial charge in [-0.15, -0.1) is 0 Å². The third-order valence-electron chi connectivity index (χ3n) is 5.19. The molecule has 0 saturated carbocycles. The summed E-state index contributed by atoms with van der Waals surface area (Å²) in [7, 11) is 0. The van der Waals surface area contributed by atoms with Crippen LogP contribution in [-0.4, -0.2) is 41.9 Å². The Hall–Kier alpha value is -3.35. The van der Waals surface area contributed by atoms with Crippen LogP contribution in [0.5, 0.6) is 0 Å². The minimum atomic E-state index is -1.31. The van der Waals surface area contributed by atoms with Gasteiger partial charge in [-0.1, -0.05) is 55.5 Å². The third-order valence-corrected chi connectivity index (χ3v) is 5.19. The second-order valence-corrected chi connectivity index (χ2v) is 7.28. The fraction of sp³-hybridized carbons (Fsp3) is 0.348. The Morgan fingerprint density at radius 3 is 2.13 bits per heavy atom. The smallest absolute Gasteiger partial charge is 0.407 e. The van der Waals surface area contributed by atoms with Gasteiger partial charge in [0.1, 0.15) is 12.6 Å². The lowest BCUT2D eigenvalue weighted by Gasteiger charge is -2.19. The van der Waals surface area contributed by atoms with Gasteiger partial charge in [0.15, 0.2) is 0 Å². The quantitative estimate of drug-likeness (QED) is 0.642. The van der Waals surface area contributed by atoms with E-state index in [-0.39, 0.29) is 18.6 Å². The van der Waals surface area contributed by atoms with E-state index in [4.69, 9.17) is 14.6 Å². The summed E-state index contributed by atoms with van der Waals surface area (Å²) in [6, 6.07) is 14.5. The van der Waals surface area contributed by atoms with Gasteiger partial charge in [-0.2, -0.15) is 0 Å². The lowest BCUT2D eigenvalue weighted by molar-refractivity contribution is -0.154. The Morgan fingerprint density at radius 1 is 1.03 bits per heavy atom. The van der Waals surface area contributed by atoms with Crippen LogP contribution in [0, 0.1) is 0 Å². The third kappa shape index (κ3) is 4.79. The van der Waals surface area contributed by atoms with E-state index in [1.54, 1.807) is 6.92 Å². The Labute approximate surface area is 175 Å². The number of benzene rings is 2. The van der Waals surface area contributed by atoms with Crippen LogP contribution in [0.4, 0.5) is 4.79 Å². The Morgan fingerprint density at radius 2 is 1.60 bits per heavy atom. The van der Waals surface area contributed by atoms with Crippen LogP contribution in [0.3, 0.4) is 0 Å². The van der Waals surface area contributed by atoms with E-state index in [0.29, 0.717) is 6.42 Å². The molecule has 2 aromatic rings. The van der Waals surface area contributed by atoms with Crippen molar-refractivity contribution in [1.29, 1.82) is 0 Å². The minimum Gasteiger partial charge on any atom is -0.481 e. The summed E-state index contributed by atoms with van der Waals surface area (Å²) < 4.78 is 10.5. The molecule has 1 amide bonds. The maximum atomic E-state index is 12.3. The minimum absolute atomic E-state index is 0.0695. The predicted octanol–water partition coefficient (Wildman–Crippen LogP) is 3.71. The number of alkyl carbamates (subject to hydrolysis) is 1. The van der Waals surface area contributed by atoms with Gasteiger partial charge in [0.2, 0.25) is 0 Å². The number of carboxylic acid groups (broad SMARTS) is 1. The fourth-order valence-corrected chi connectivity index (χ4v) is 3.51. The number of esters is 1. The van der Waals surface area contributed by atoms with Gasteiger partial charge in [-0.3, -0.25) is 4.79 Å². The molecule has 7 nitrogen and oxygen atoms in total. The second kappa shape index (κ2) is 9.43. The molecule has 0 saturated heterocycles. The highest BCUT2D eigenvalue weighted by atomic mass is 16.6. The zero-order chi connectivity index (χ0) is 21.7. The van der Waals surface area contributed by atoms with E-state index in [0.717, 1.165) is 22.3 Å². The summed E-state index contributed by atoms with van der Waals surface area (Å²) in [4.78, 5) is 35.6. The van der Waals surface area contributed by atoms with E-state index in [9.17, 15) is 14.4 Å². The Kier molecular flexibility index (Phi) is 6.72. The number of carboxylic acids is 1. The van der Waals surface area contributed by atoms with Crippen molar-refractivity contribution < 1.29 is 29.0 Å². The molecule has 1 aliphatic carbocycles. The first-order valence-corrected chi connectivity index (χ1v) is 9.94. The summed E-state index contributed by atoms with van der Waals surface area (Å²) in [5.41, 5.74) is 4.32. The maximum absolute atomic E-state index is 12.3. The van der Waals surface area contributed by atoms with Gasteiger partial charge in [0, 0.05) is 5.92 Å². The average Bonchev–Trinajstić information content (AvgIpc) is 3.05. The highest BCUT2D eigenvalue weighted by Gasteiger charge is 2.31. The van der Waals surface area contributed by atoms with Gasteiger partial charge in [0.25, 0.3) is 0 Å². The summed E-state index contributed by atoms with van der Waals surface area (Å²) in [6.45, 7) is 3.60. The summed E-state index contributed by atoms with van der Waals surface area (Å²) in [5, 5.41) is 11.4. The van der Waals surface area contributed by atoms with Crippen LogP contribution < -0.4 is 5.32 Å². The van der Waals surface area contributed by atoms with Crippen molar-refractivity contribution in [1.82, 2.24) is 5.32 Å². The molecule has 0 heterocycles. The first-order valence-electron chi connectivity index (χ1n) is 9.94. The predicted molar refractivity (Wildman–Crippen MR) is 110 cm³/mol. The molecule has 2 N–H and O–H groups in total. The van der Waals surface area contributed by atoms with Crippen LogP contribution in [-0.2, 0) is 19.1 Å². The normalized spacial score (nSPS) is 14.2. The lowest BCUT2D eigenvalue weighted by Crippen LogP contribution is -2.44. The standard InChI is InChI=1S/C23H25NO6/c1-3-14(2)30-22(27)20(12-21(25)26)24-23(28)29-13-19-17-10-6-4-8-15(17)16-9-5-7-11-18(16)19/h4-11,14,19-20H,3,12-13H2,1-2H3,(H,24,28)(H,25,26)/t14?,20-/m0/s1. The first kappa shape index (κ1) is 21.4. The Balaban J connectivity index is 1.67. The van der Waals surface area contributed by atoms with Crippen LogP contribution in [0.2, 0.25) is 0 Å². The number of amides is 1. The average molecular weight is 411 g/mol. The lowest BCUT2D eigenvalue weighted by atomic mass is 9.98. The van der Waals surface area contributed by atoms with Crippen LogP contribution >= 0.6 is 0 Å². The molecule has 2 aromatic carbocycles. The largest absolute Gasteiger partial charge is 0.481 e. The highest BCUT2D eigenvalue weighted by molar-refractivity contribution is 5.86. The van der Waals surface area contributed by atoms with Crippen LogP contribution in [0.15, 0.2) is 48.5 Å². The molecular weight excluding hydrogens is 386 g/mol. The van der Waals surface area contributed by atoms with Gasteiger partial charge in [-0.25, -0.2) is 9.59 Å². The molecular formula is C23H25NO6. The number of rotatable bonds is 8. The Bertz CT molecular complexity index is 895. The van der Waals surface area contributed by atoms with E-state index in [2.05, 4.69) is 5.32 Å². The van der Waals surface area contributed by atoms with E-state index >= 15 is 0 Å². The monoisotopic (exact) mass is 411 g/mol. The number of aliphatic carboxylic acids is 1. The summed E-state index contributed by atoms with van der Waals surface area (Å²) in [5.74, 6) is -2.14. The number of hydrogen-bond acceptors (Lipinski definition) is 5. The molecule has 7 heteroatoms. The zero-order valence-corrected chi connectivity index (χ0v) is 17.0. The molecule has 0 bridgehead atoms. The number of fused-ring (bicyclic) bond motifs is 3. The molecule has 1 aliphatic rings. The molecule has 2 atom stereocenters. The second-order valence-electron chi connectivity index (χ2n) is 7.28. The molecule has 0 aromatic heterocycles. The molecule has 3 rings (SSSR count). The number of carbonyl (C=O) groups is 3. The van der Waals surface area contributed by atoms with Crippen molar-refractivity contribution in [2.45, 2.75) is 44.8 Å².